The molecule has 0 aromatic heterocycles. The molecule has 1 unspecified atom stereocenters. The predicted molar refractivity (Wildman–Crippen MR) is 77.7 cm³/mol. The fourth-order valence-corrected chi connectivity index (χ4v) is 2.62. The van der Waals surface area contributed by atoms with Crippen LogP contribution in [0.15, 0.2) is 59.6 Å². The minimum absolute atomic E-state index is 0.190. The summed E-state index contributed by atoms with van der Waals surface area (Å²) in [6, 6.07) is 18.9. The summed E-state index contributed by atoms with van der Waals surface area (Å²) in [7, 11) is 0. The van der Waals surface area contributed by atoms with E-state index in [-0.39, 0.29) is 12.6 Å². The Morgan fingerprint density at radius 1 is 1.00 bits per heavy atom. The van der Waals surface area contributed by atoms with Crippen LogP contribution in [0, 0.1) is 0 Å². The van der Waals surface area contributed by atoms with Crippen molar-refractivity contribution in [1.82, 2.24) is 0 Å². The van der Waals surface area contributed by atoms with Crippen molar-refractivity contribution in [3.63, 3.8) is 0 Å². The van der Waals surface area contributed by atoms with Crippen LogP contribution in [0.2, 0.25) is 0 Å². The van der Waals surface area contributed by atoms with E-state index in [4.69, 9.17) is 10.1 Å². The topological polar surface area (TPSA) is 32.6 Å². The van der Waals surface area contributed by atoms with E-state index in [0.29, 0.717) is 0 Å². The van der Waals surface area contributed by atoms with Crippen LogP contribution in [-0.2, 0) is 6.42 Å². The molecular weight excluding hydrogens is 234 g/mol. The highest BCUT2D eigenvalue weighted by Crippen LogP contribution is 2.24. The van der Waals surface area contributed by atoms with E-state index in [9.17, 15) is 0 Å². The van der Waals surface area contributed by atoms with Gasteiger partial charge in [-0.05, 0) is 18.4 Å². The van der Waals surface area contributed by atoms with Crippen molar-refractivity contribution in [3.8, 4) is 0 Å². The quantitative estimate of drug-likeness (QED) is 0.894. The molecule has 0 saturated carbocycles. The maximum atomic E-state index is 9.15. The van der Waals surface area contributed by atoms with Crippen molar-refractivity contribution >= 4 is 5.71 Å². The molecule has 0 amide bonds. The molecule has 3 rings (SSSR count). The lowest BCUT2D eigenvalue weighted by atomic mass is 9.89. The van der Waals surface area contributed by atoms with Gasteiger partial charge >= 0.3 is 0 Å². The summed E-state index contributed by atoms with van der Waals surface area (Å²) in [4.78, 5) is 4.84. The van der Waals surface area contributed by atoms with Crippen LogP contribution in [0.1, 0.15) is 23.1 Å². The number of rotatable bonds is 3. The Bertz CT molecular complexity index is 589. The Kier molecular flexibility index (Phi) is 3.43. The number of benzene rings is 2. The highest BCUT2D eigenvalue weighted by atomic mass is 16.3. The summed E-state index contributed by atoms with van der Waals surface area (Å²) in [5, 5.41) is 9.15. The van der Waals surface area contributed by atoms with Crippen molar-refractivity contribution in [3.05, 3.63) is 71.3 Å². The Morgan fingerprint density at radius 3 is 2.53 bits per heavy atom. The minimum Gasteiger partial charge on any atom is -0.396 e. The summed E-state index contributed by atoms with van der Waals surface area (Å²) < 4.78 is 0. The second-order valence-electron chi connectivity index (χ2n) is 4.87. The van der Waals surface area contributed by atoms with Gasteiger partial charge in [0, 0.05) is 17.7 Å². The molecule has 1 aliphatic heterocycles. The van der Waals surface area contributed by atoms with Gasteiger partial charge in [-0.1, -0.05) is 54.6 Å². The Hall–Kier alpha value is -1.93. The first-order valence-electron chi connectivity index (χ1n) is 6.71. The molecule has 2 nitrogen and oxygen atoms in total. The van der Waals surface area contributed by atoms with Gasteiger partial charge in [0.1, 0.15) is 0 Å². The van der Waals surface area contributed by atoms with Crippen LogP contribution in [0.25, 0.3) is 0 Å². The molecule has 0 saturated heterocycles. The molecular formula is C17H17NO. The monoisotopic (exact) mass is 251 g/mol. The van der Waals surface area contributed by atoms with Crippen LogP contribution in [0.4, 0.5) is 0 Å². The standard InChI is InChI=1S/C17H17NO/c19-11-10-15-12-14-8-4-5-9-16(14)17(18-15)13-6-2-1-3-7-13/h1-9,15,19H,10-12H2. The first-order chi connectivity index (χ1) is 9.38. The zero-order valence-electron chi connectivity index (χ0n) is 10.8. The largest absolute Gasteiger partial charge is 0.396 e. The molecule has 0 spiro atoms. The molecule has 2 heteroatoms. The van der Waals surface area contributed by atoms with E-state index in [1.807, 2.05) is 18.2 Å². The van der Waals surface area contributed by atoms with Gasteiger partial charge in [0.15, 0.2) is 0 Å². The van der Waals surface area contributed by atoms with Crippen molar-refractivity contribution in [2.45, 2.75) is 18.9 Å². The Labute approximate surface area is 113 Å². The maximum absolute atomic E-state index is 9.15. The van der Waals surface area contributed by atoms with Crippen molar-refractivity contribution in [2.75, 3.05) is 6.61 Å². The van der Waals surface area contributed by atoms with E-state index in [2.05, 4.69) is 36.4 Å². The number of aliphatic hydroxyl groups excluding tert-OH is 1. The zero-order valence-corrected chi connectivity index (χ0v) is 10.8. The Balaban J connectivity index is 2.07. The SMILES string of the molecule is OCCC1Cc2ccccc2C(c2ccccc2)=N1. The molecule has 2 aromatic carbocycles. The second kappa shape index (κ2) is 5.37. The number of hydrogen-bond donors (Lipinski definition) is 1. The first-order valence-corrected chi connectivity index (χ1v) is 6.71. The third kappa shape index (κ3) is 2.45. The van der Waals surface area contributed by atoms with Gasteiger partial charge in [-0.15, -0.1) is 0 Å². The molecule has 0 bridgehead atoms. The van der Waals surface area contributed by atoms with E-state index in [1.165, 1.54) is 11.1 Å². The fraction of sp³-hybridized carbons (Fsp3) is 0.235. The average molecular weight is 251 g/mol. The van der Waals surface area contributed by atoms with Crippen molar-refractivity contribution in [2.24, 2.45) is 4.99 Å². The zero-order chi connectivity index (χ0) is 13.1. The van der Waals surface area contributed by atoms with Crippen molar-refractivity contribution < 1.29 is 5.11 Å². The molecule has 0 fully saturated rings. The number of fused-ring (bicyclic) bond motifs is 1. The van der Waals surface area contributed by atoms with Gasteiger partial charge in [0.25, 0.3) is 0 Å². The van der Waals surface area contributed by atoms with Gasteiger partial charge < -0.3 is 5.11 Å². The van der Waals surface area contributed by atoms with E-state index < -0.39 is 0 Å². The van der Waals surface area contributed by atoms with E-state index in [0.717, 1.165) is 24.1 Å². The third-order valence-corrected chi connectivity index (χ3v) is 3.55. The summed E-state index contributed by atoms with van der Waals surface area (Å²) in [6.07, 6.45) is 1.65. The smallest absolute Gasteiger partial charge is 0.0725 e. The van der Waals surface area contributed by atoms with Gasteiger partial charge in [0.05, 0.1) is 11.8 Å². The first kappa shape index (κ1) is 12.1. The predicted octanol–water partition coefficient (Wildman–Crippen LogP) is 2.83. The number of nitrogens with zero attached hydrogens (tertiary/aromatic N) is 1. The number of hydrogen-bond acceptors (Lipinski definition) is 2. The number of aliphatic hydroxyl groups is 1. The van der Waals surface area contributed by atoms with Crippen LogP contribution >= 0.6 is 0 Å². The minimum atomic E-state index is 0.190. The van der Waals surface area contributed by atoms with E-state index >= 15 is 0 Å². The second-order valence-corrected chi connectivity index (χ2v) is 4.87. The van der Waals surface area contributed by atoms with Crippen LogP contribution < -0.4 is 0 Å². The van der Waals surface area contributed by atoms with Crippen LogP contribution in [0.3, 0.4) is 0 Å². The maximum Gasteiger partial charge on any atom is 0.0725 e. The molecule has 1 N–H and O–H groups in total. The third-order valence-electron chi connectivity index (χ3n) is 3.55. The molecule has 1 aliphatic rings. The van der Waals surface area contributed by atoms with Crippen molar-refractivity contribution in [1.29, 1.82) is 0 Å². The molecule has 96 valence electrons. The fourth-order valence-electron chi connectivity index (χ4n) is 2.62. The van der Waals surface area contributed by atoms with Gasteiger partial charge in [-0.3, -0.25) is 4.99 Å². The highest BCUT2D eigenvalue weighted by Gasteiger charge is 2.21. The highest BCUT2D eigenvalue weighted by molar-refractivity contribution is 6.14. The van der Waals surface area contributed by atoms with E-state index in [1.54, 1.807) is 0 Å². The van der Waals surface area contributed by atoms with Gasteiger partial charge in [-0.25, -0.2) is 0 Å². The lowest BCUT2D eigenvalue weighted by Gasteiger charge is -2.23. The van der Waals surface area contributed by atoms with Gasteiger partial charge in [-0.2, -0.15) is 0 Å². The molecule has 2 aromatic rings. The normalized spacial score (nSPS) is 17.7. The lowest BCUT2D eigenvalue weighted by molar-refractivity contribution is 0.275. The average Bonchev–Trinajstić information content (AvgIpc) is 2.48. The molecule has 1 atom stereocenters. The molecule has 1 heterocycles. The van der Waals surface area contributed by atoms with Crippen LogP contribution in [-0.4, -0.2) is 23.5 Å². The molecule has 19 heavy (non-hydrogen) atoms. The molecule has 0 radical (unpaired) electrons. The summed E-state index contributed by atoms with van der Waals surface area (Å²) in [5.41, 5.74) is 4.76. The Morgan fingerprint density at radius 2 is 1.74 bits per heavy atom. The van der Waals surface area contributed by atoms with Gasteiger partial charge in [0.2, 0.25) is 0 Å². The molecule has 0 aliphatic carbocycles. The summed E-state index contributed by atoms with van der Waals surface area (Å²) in [5.74, 6) is 0. The summed E-state index contributed by atoms with van der Waals surface area (Å²) >= 11 is 0. The van der Waals surface area contributed by atoms with Crippen LogP contribution in [0.5, 0.6) is 0 Å². The summed E-state index contributed by atoms with van der Waals surface area (Å²) in [6.45, 7) is 0.193. The number of aliphatic imine (C=N–C) groups is 1. The lowest BCUT2D eigenvalue weighted by Crippen LogP contribution is -2.22.